The van der Waals surface area contributed by atoms with E-state index in [-0.39, 0.29) is 5.69 Å². The van der Waals surface area contributed by atoms with Crippen LogP contribution in [-0.2, 0) is 0 Å². The van der Waals surface area contributed by atoms with Gasteiger partial charge in [0.2, 0.25) is 0 Å². The van der Waals surface area contributed by atoms with Crippen molar-refractivity contribution in [2.45, 2.75) is 0 Å². The number of piperazine rings is 1. The van der Waals surface area contributed by atoms with E-state index in [2.05, 4.69) is 10.2 Å². The summed E-state index contributed by atoms with van der Waals surface area (Å²) in [7, 11) is 1.62. The average Bonchev–Trinajstić information content (AvgIpc) is 2.65. The Kier molecular flexibility index (Phi) is 5.02. The molecule has 1 aliphatic heterocycles. The number of methoxy groups -OCH3 is 1. The summed E-state index contributed by atoms with van der Waals surface area (Å²) >= 11 is 0. The molecule has 0 saturated carbocycles. The number of hydrogen-bond donors (Lipinski definition) is 1. The minimum atomic E-state index is -0.661. The van der Waals surface area contributed by atoms with E-state index in [4.69, 9.17) is 4.74 Å². The molecule has 2 amide bonds. The molecule has 0 aliphatic carbocycles. The number of nitrogens with one attached hydrogen (secondary N) is 1. The van der Waals surface area contributed by atoms with Gasteiger partial charge in [-0.05, 0) is 36.4 Å². The lowest BCUT2D eigenvalue weighted by Crippen LogP contribution is -2.50. The van der Waals surface area contributed by atoms with Crippen LogP contribution in [0.3, 0.4) is 0 Å². The van der Waals surface area contributed by atoms with E-state index >= 15 is 0 Å². The maximum atomic E-state index is 13.6. The highest BCUT2D eigenvalue weighted by Crippen LogP contribution is 2.21. The van der Waals surface area contributed by atoms with Crippen molar-refractivity contribution in [3.05, 3.63) is 54.1 Å². The molecule has 0 unspecified atom stereocenters. The van der Waals surface area contributed by atoms with E-state index in [0.717, 1.165) is 29.6 Å². The first-order valence-electron chi connectivity index (χ1n) is 7.97. The number of anilines is 2. The minimum absolute atomic E-state index is 0.150. The van der Waals surface area contributed by atoms with Gasteiger partial charge in [-0.2, -0.15) is 0 Å². The fourth-order valence-corrected chi connectivity index (χ4v) is 2.75. The Hall–Kier alpha value is -2.83. The van der Waals surface area contributed by atoms with Gasteiger partial charge in [0.25, 0.3) is 0 Å². The van der Waals surface area contributed by atoms with Crippen LogP contribution in [-0.4, -0.2) is 44.2 Å². The molecule has 1 heterocycles. The first-order valence-corrected chi connectivity index (χ1v) is 7.97. The SMILES string of the molecule is COc1ccc(N2CCN(C(=O)Nc3cc(F)ccc3F)CC2)cc1. The van der Waals surface area contributed by atoms with Crippen LogP contribution in [0.4, 0.5) is 25.0 Å². The monoisotopic (exact) mass is 347 g/mol. The van der Waals surface area contributed by atoms with Gasteiger partial charge < -0.3 is 19.9 Å². The van der Waals surface area contributed by atoms with Gasteiger partial charge in [-0.25, -0.2) is 13.6 Å². The molecule has 0 aromatic heterocycles. The Labute approximate surface area is 144 Å². The maximum absolute atomic E-state index is 13.6. The summed E-state index contributed by atoms with van der Waals surface area (Å²) in [6.45, 7) is 2.31. The molecule has 7 heteroatoms. The standard InChI is InChI=1S/C18H19F2N3O2/c1-25-15-5-3-14(4-6-15)22-8-10-23(11-9-22)18(24)21-17-12-13(19)2-7-16(17)20/h2-7,12H,8-11H2,1H3,(H,21,24). The van der Waals surface area contributed by atoms with E-state index in [0.29, 0.717) is 26.2 Å². The van der Waals surface area contributed by atoms with Gasteiger partial charge in [0, 0.05) is 37.9 Å². The molecule has 25 heavy (non-hydrogen) atoms. The number of hydrogen-bond acceptors (Lipinski definition) is 3. The van der Waals surface area contributed by atoms with Gasteiger partial charge in [-0.15, -0.1) is 0 Å². The van der Waals surface area contributed by atoms with E-state index in [1.165, 1.54) is 0 Å². The highest BCUT2D eigenvalue weighted by Gasteiger charge is 2.22. The lowest BCUT2D eigenvalue weighted by atomic mass is 10.2. The smallest absolute Gasteiger partial charge is 0.322 e. The third-order valence-corrected chi connectivity index (χ3v) is 4.17. The molecule has 1 aliphatic rings. The number of urea groups is 1. The molecule has 0 atom stereocenters. The number of halogens is 2. The Bertz CT molecular complexity index is 744. The molecule has 3 rings (SSSR count). The van der Waals surface area contributed by atoms with E-state index in [1.807, 2.05) is 24.3 Å². The van der Waals surface area contributed by atoms with Crippen molar-refractivity contribution in [3.8, 4) is 5.75 Å². The quantitative estimate of drug-likeness (QED) is 0.926. The summed E-state index contributed by atoms with van der Waals surface area (Å²) in [5.74, 6) is -0.466. The first-order chi connectivity index (χ1) is 12.1. The molecule has 2 aromatic rings. The largest absolute Gasteiger partial charge is 0.497 e. The summed E-state index contributed by atoms with van der Waals surface area (Å²) < 4.78 is 32.0. The second kappa shape index (κ2) is 7.38. The summed E-state index contributed by atoms with van der Waals surface area (Å²) in [4.78, 5) is 16.0. The third kappa shape index (κ3) is 3.99. The first kappa shape index (κ1) is 17.0. The Morgan fingerprint density at radius 2 is 1.72 bits per heavy atom. The van der Waals surface area contributed by atoms with Crippen LogP contribution < -0.4 is 15.0 Å². The van der Waals surface area contributed by atoms with Gasteiger partial charge in [0.1, 0.15) is 17.4 Å². The minimum Gasteiger partial charge on any atom is -0.497 e. The van der Waals surface area contributed by atoms with Crippen LogP contribution in [0.15, 0.2) is 42.5 Å². The molecule has 0 spiro atoms. The molecule has 132 valence electrons. The number of ether oxygens (including phenoxy) is 1. The van der Waals surface area contributed by atoms with Crippen LogP contribution in [0, 0.1) is 11.6 Å². The molecular weight excluding hydrogens is 328 g/mol. The fourth-order valence-electron chi connectivity index (χ4n) is 2.75. The van der Waals surface area contributed by atoms with Crippen LogP contribution in [0.2, 0.25) is 0 Å². The van der Waals surface area contributed by atoms with Crippen LogP contribution >= 0.6 is 0 Å². The molecular formula is C18H19F2N3O2. The molecule has 1 N–H and O–H groups in total. The van der Waals surface area contributed by atoms with Crippen LogP contribution in [0.25, 0.3) is 0 Å². The normalized spacial score (nSPS) is 14.4. The number of nitrogens with zero attached hydrogens (tertiary/aromatic N) is 2. The molecule has 1 fully saturated rings. The zero-order chi connectivity index (χ0) is 17.8. The van der Waals surface area contributed by atoms with Crippen LogP contribution in [0.5, 0.6) is 5.75 Å². The lowest BCUT2D eigenvalue weighted by molar-refractivity contribution is 0.208. The van der Waals surface area contributed by atoms with Gasteiger partial charge >= 0.3 is 6.03 Å². The number of amides is 2. The molecule has 1 saturated heterocycles. The molecule has 5 nitrogen and oxygen atoms in total. The molecule has 0 bridgehead atoms. The summed E-state index contributed by atoms with van der Waals surface area (Å²) in [5.41, 5.74) is 0.902. The Balaban J connectivity index is 1.57. The highest BCUT2D eigenvalue weighted by molar-refractivity contribution is 5.89. The van der Waals surface area contributed by atoms with Crippen molar-refractivity contribution < 1.29 is 18.3 Å². The lowest BCUT2D eigenvalue weighted by Gasteiger charge is -2.36. The number of carbonyl (C=O) groups excluding carboxylic acids is 1. The highest BCUT2D eigenvalue weighted by atomic mass is 19.1. The van der Waals surface area contributed by atoms with Gasteiger partial charge in [0.05, 0.1) is 12.8 Å². The van der Waals surface area contributed by atoms with Crippen molar-refractivity contribution in [1.29, 1.82) is 0 Å². The third-order valence-electron chi connectivity index (χ3n) is 4.17. The predicted octanol–water partition coefficient (Wildman–Crippen LogP) is 3.33. The second-order valence-corrected chi connectivity index (χ2v) is 5.73. The molecule has 0 radical (unpaired) electrons. The van der Waals surface area contributed by atoms with Gasteiger partial charge in [-0.3, -0.25) is 0 Å². The maximum Gasteiger partial charge on any atom is 0.322 e. The van der Waals surface area contributed by atoms with Crippen LogP contribution in [0.1, 0.15) is 0 Å². The molecule has 2 aromatic carbocycles. The topological polar surface area (TPSA) is 44.8 Å². The zero-order valence-electron chi connectivity index (χ0n) is 13.8. The zero-order valence-corrected chi connectivity index (χ0v) is 13.8. The average molecular weight is 347 g/mol. The van der Waals surface area contributed by atoms with E-state index < -0.39 is 17.7 Å². The summed E-state index contributed by atoms with van der Waals surface area (Å²) in [6.07, 6.45) is 0. The van der Waals surface area contributed by atoms with Crippen molar-refractivity contribution in [3.63, 3.8) is 0 Å². The Morgan fingerprint density at radius 3 is 2.36 bits per heavy atom. The van der Waals surface area contributed by atoms with Crippen molar-refractivity contribution in [2.24, 2.45) is 0 Å². The predicted molar refractivity (Wildman–Crippen MR) is 92.2 cm³/mol. The number of carbonyl (C=O) groups is 1. The van der Waals surface area contributed by atoms with Gasteiger partial charge in [-0.1, -0.05) is 0 Å². The number of benzene rings is 2. The Morgan fingerprint density at radius 1 is 1.04 bits per heavy atom. The van der Waals surface area contributed by atoms with E-state index in [9.17, 15) is 13.6 Å². The van der Waals surface area contributed by atoms with Crippen molar-refractivity contribution in [2.75, 3.05) is 43.5 Å². The van der Waals surface area contributed by atoms with Crippen molar-refractivity contribution >= 4 is 17.4 Å². The number of rotatable bonds is 3. The van der Waals surface area contributed by atoms with E-state index in [1.54, 1.807) is 12.0 Å². The fraction of sp³-hybridized carbons (Fsp3) is 0.278. The summed E-state index contributed by atoms with van der Waals surface area (Å²) in [6, 6.07) is 10.3. The van der Waals surface area contributed by atoms with Gasteiger partial charge in [0.15, 0.2) is 0 Å². The second-order valence-electron chi connectivity index (χ2n) is 5.73. The summed E-state index contributed by atoms with van der Waals surface area (Å²) in [5, 5.41) is 2.43. The van der Waals surface area contributed by atoms with Crippen molar-refractivity contribution in [1.82, 2.24) is 4.90 Å².